The van der Waals surface area contributed by atoms with E-state index in [0.29, 0.717) is 10.8 Å². The van der Waals surface area contributed by atoms with Crippen LogP contribution in [0.1, 0.15) is 0 Å². The Kier molecular flexibility index (Phi) is 3.20. The summed E-state index contributed by atoms with van der Waals surface area (Å²) in [7, 11) is 0. The van der Waals surface area contributed by atoms with E-state index in [1.165, 1.54) is 0 Å². The largest absolute Gasteiger partial charge is 0.320 e. The van der Waals surface area contributed by atoms with Gasteiger partial charge < -0.3 is 0 Å². The van der Waals surface area contributed by atoms with Gasteiger partial charge in [-0.3, -0.25) is 14.5 Å². The summed E-state index contributed by atoms with van der Waals surface area (Å²) in [6, 6.07) is 5.41. The van der Waals surface area contributed by atoms with Gasteiger partial charge in [-0.1, -0.05) is 6.07 Å². The van der Waals surface area contributed by atoms with Crippen molar-refractivity contribution in [2.24, 2.45) is 0 Å². The van der Waals surface area contributed by atoms with E-state index in [1.54, 1.807) is 16.7 Å². The minimum Gasteiger partial charge on any atom is -0.277 e. The molecule has 0 N–H and O–H groups in total. The molecule has 8 nitrogen and oxygen atoms in total. The summed E-state index contributed by atoms with van der Waals surface area (Å²) in [6.07, 6.45) is 2.83. The van der Waals surface area contributed by atoms with Gasteiger partial charge in [0.2, 0.25) is 10.4 Å². The molecule has 100 valence electrons. The number of halogens is 1. The molecule has 0 spiro atoms. The lowest BCUT2D eigenvalue weighted by atomic mass is 10.5. The quantitative estimate of drug-likeness (QED) is 0.316. The molecule has 0 aromatic carbocycles. The second-order valence-electron chi connectivity index (χ2n) is 3.60. The van der Waals surface area contributed by atoms with Crippen molar-refractivity contribution in [1.29, 1.82) is 0 Å². The zero-order valence-corrected chi connectivity index (χ0v) is 11.2. The zero-order chi connectivity index (χ0) is 14.1. The molecule has 0 aliphatic carbocycles. The molecule has 0 fully saturated rings. The van der Waals surface area contributed by atoms with Crippen molar-refractivity contribution < 1.29 is 4.92 Å². The van der Waals surface area contributed by atoms with Crippen molar-refractivity contribution in [2.75, 3.05) is 0 Å². The van der Waals surface area contributed by atoms with Gasteiger partial charge in [0.15, 0.2) is 10.7 Å². The molecule has 0 radical (unpaired) electrons. The summed E-state index contributed by atoms with van der Waals surface area (Å²) < 4.78 is 1.70. The lowest BCUT2D eigenvalue weighted by Gasteiger charge is -2.00. The SMILES string of the molecule is O=[N+]([O-])c1cnc(Cl)nc1Sc1nnc2ccccn12. The van der Waals surface area contributed by atoms with Crippen LogP contribution in [0.5, 0.6) is 0 Å². The monoisotopic (exact) mass is 308 g/mol. The molecule has 0 atom stereocenters. The second-order valence-corrected chi connectivity index (χ2v) is 4.89. The Morgan fingerprint density at radius 3 is 3.00 bits per heavy atom. The first kappa shape index (κ1) is 12.8. The lowest BCUT2D eigenvalue weighted by Crippen LogP contribution is -1.96. The van der Waals surface area contributed by atoms with Gasteiger partial charge >= 0.3 is 5.69 Å². The second kappa shape index (κ2) is 5.02. The van der Waals surface area contributed by atoms with Crippen LogP contribution in [-0.4, -0.2) is 29.5 Å². The number of hydrogen-bond acceptors (Lipinski definition) is 7. The maximum Gasteiger partial charge on any atom is 0.320 e. The van der Waals surface area contributed by atoms with E-state index in [9.17, 15) is 10.1 Å². The third-order valence-corrected chi connectivity index (χ3v) is 3.51. The number of nitro groups is 1. The van der Waals surface area contributed by atoms with Gasteiger partial charge in [0.25, 0.3) is 0 Å². The minimum absolute atomic E-state index is 0.0630. The van der Waals surface area contributed by atoms with Crippen LogP contribution in [0.2, 0.25) is 5.28 Å². The Bertz CT molecular complexity index is 807. The van der Waals surface area contributed by atoms with Crippen LogP contribution in [0.4, 0.5) is 5.69 Å². The van der Waals surface area contributed by atoms with Gasteiger partial charge in [0.05, 0.1) is 4.92 Å². The summed E-state index contributed by atoms with van der Waals surface area (Å²) in [5, 5.41) is 19.4. The third kappa shape index (κ3) is 2.28. The van der Waals surface area contributed by atoms with Gasteiger partial charge in [-0.25, -0.2) is 9.97 Å². The summed E-state index contributed by atoms with van der Waals surface area (Å²) in [6.45, 7) is 0. The zero-order valence-electron chi connectivity index (χ0n) is 9.67. The van der Waals surface area contributed by atoms with Gasteiger partial charge in [-0.15, -0.1) is 10.2 Å². The van der Waals surface area contributed by atoms with Crippen LogP contribution in [-0.2, 0) is 0 Å². The number of aromatic nitrogens is 5. The van der Waals surface area contributed by atoms with Crippen molar-refractivity contribution in [3.63, 3.8) is 0 Å². The Balaban J connectivity index is 2.07. The molecule has 3 aromatic heterocycles. The third-order valence-electron chi connectivity index (χ3n) is 2.37. The fraction of sp³-hybridized carbons (Fsp3) is 0. The van der Waals surface area contributed by atoms with Gasteiger partial charge in [0.1, 0.15) is 6.20 Å². The molecule has 0 saturated carbocycles. The standard InChI is InChI=1S/C10H5ClN6O2S/c11-9-12-5-6(17(18)19)8(13-9)20-10-15-14-7-3-1-2-4-16(7)10/h1-5H. The van der Waals surface area contributed by atoms with E-state index in [-0.39, 0.29) is 16.0 Å². The maximum absolute atomic E-state index is 11.0. The van der Waals surface area contributed by atoms with Gasteiger partial charge in [-0.05, 0) is 35.5 Å². The topological polar surface area (TPSA) is 99.1 Å². The Labute approximate surface area is 121 Å². The number of pyridine rings is 1. The molecular weight excluding hydrogens is 304 g/mol. The summed E-state index contributed by atoms with van der Waals surface area (Å²) in [4.78, 5) is 17.9. The van der Waals surface area contributed by atoms with E-state index >= 15 is 0 Å². The van der Waals surface area contributed by atoms with Crippen molar-refractivity contribution in [3.8, 4) is 0 Å². The predicted molar refractivity (Wildman–Crippen MR) is 70.8 cm³/mol. The highest BCUT2D eigenvalue weighted by Gasteiger charge is 2.20. The van der Waals surface area contributed by atoms with Crippen molar-refractivity contribution in [3.05, 3.63) is 46.0 Å². The number of rotatable bonds is 3. The molecule has 0 aliphatic rings. The van der Waals surface area contributed by atoms with E-state index in [1.807, 2.05) is 12.1 Å². The Morgan fingerprint density at radius 1 is 1.35 bits per heavy atom. The average Bonchev–Trinajstić information content (AvgIpc) is 2.82. The van der Waals surface area contributed by atoms with Crippen LogP contribution in [0.25, 0.3) is 5.65 Å². The average molecular weight is 309 g/mol. The molecule has 3 heterocycles. The number of nitrogens with zero attached hydrogens (tertiary/aromatic N) is 6. The number of hydrogen-bond donors (Lipinski definition) is 0. The van der Waals surface area contributed by atoms with Crippen molar-refractivity contribution >= 4 is 34.7 Å². The van der Waals surface area contributed by atoms with E-state index in [0.717, 1.165) is 18.0 Å². The first-order chi connectivity index (χ1) is 9.65. The normalized spacial score (nSPS) is 10.8. The van der Waals surface area contributed by atoms with Gasteiger partial charge in [-0.2, -0.15) is 0 Å². The predicted octanol–water partition coefficient (Wildman–Crippen LogP) is 2.23. The molecule has 0 amide bonds. The van der Waals surface area contributed by atoms with Crippen molar-refractivity contribution in [1.82, 2.24) is 24.6 Å². The molecule has 10 heteroatoms. The van der Waals surface area contributed by atoms with Crippen LogP contribution < -0.4 is 0 Å². The molecule has 3 aromatic rings. The fourth-order valence-electron chi connectivity index (χ4n) is 1.52. The van der Waals surface area contributed by atoms with Crippen LogP contribution in [0, 0.1) is 10.1 Å². The molecule has 0 bridgehead atoms. The molecular formula is C10H5ClN6O2S. The Hall–Kier alpha value is -2.26. The highest BCUT2D eigenvalue weighted by Crippen LogP contribution is 2.32. The first-order valence-corrected chi connectivity index (χ1v) is 6.49. The molecule has 0 saturated heterocycles. The van der Waals surface area contributed by atoms with Crippen LogP contribution >= 0.6 is 23.4 Å². The van der Waals surface area contributed by atoms with E-state index in [2.05, 4.69) is 20.2 Å². The molecule has 0 aliphatic heterocycles. The minimum atomic E-state index is -0.568. The number of fused-ring (bicyclic) bond motifs is 1. The maximum atomic E-state index is 11.0. The van der Waals surface area contributed by atoms with Crippen LogP contribution in [0.3, 0.4) is 0 Å². The van der Waals surface area contributed by atoms with Crippen LogP contribution in [0.15, 0.2) is 40.8 Å². The fourth-order valence-corrected chi connectivity index (χ4v) is 2.57. The highest BCUT2D eigenvalue weighted by molar-refractivity contribution is 7.99. The lowest BCUT2D eigenvalue weighted by molar-refractivity contribution is -0.388. The molecule has 0 unspecified atom stereocenters. The molecule has 20 heavy (non-hydrogen) atoms. The smallest absolute Gasteiger partial charge is 0.277 e. The first-order valence-electron chi connectivity index (χ1n) is 5.29. The van der Waals surface area contributed by atoms with E-state index < -0.39 is 4.92 Å². The highest BCUT2D eigenvalue weighted by atomic mass is 35.5. The summed E-state index contributed by atoms with van der Waals surface area (Å²) in [5.41, 5.74) is 0.407. The van der Waals surface area contributed by atoms with Gasteiger partial charge in [0, 0.05) is 6.20 Å². The summed E-state index contributed by atoms with van der Waals surface area (Å²) in [5.74, 6) is 0. The molecule has 3 rings (SSSR count). The van der Waals surface area contributed by atoms with Crippen molar-refractivity contribution in [2.45, 2.75) is 10.2 Å². The van der Waals surface area contributed by atoms with E-state index in [4.69, 9.17) is 11.6 Å². The Morgan fingerprint density at radius 2 is 2.20 bits per heavy atom. The summed E-state index contributed by atoms with van der Waals surface area (Å²) >= 11 is 6.68.